The smallest absolute Gasteiger partial charge is 0.127 e. The number of rotatable bonds is 3. The number of hydrogen-bond donors (Lipinski definition) is 1. The highest BCUT2D eigenvalue weighted by Gasteiger charge is 2.38. The average molecular weight is 264 g/mol. The molecule has 19 heavy (non-hydrogen) atoms. The summed E-state index contributed by atoms with van der Waals surface area (Å²) in [6.45, 7) is 5.10. The van der Waals surface area contributed by atoms with Gasteiger partial charge >= 0.3 is 0 Å². The highest BCUT2D eigenvalue weighted by molar-refractivity contribution is 5.17. The van der Waals surface area contributed by atoms with Crippen LogP contribution in [0.1, 0.15) is 38.7 Å². The number of halogens is 1. The van der Waals surface area contributed by atoms with Crippen molar-refractivity contribution in [2.75, 3.05) is 7.05 Å². The number of nitrogens with zero attached hydrogens (tertiary/aromatic N) is 1. The molecule has 2 rings (SSSR count). The van der Waals surface area contributed by atoms with Crippen molar-refractivity contribution in [3.05, 3.63) is 35.6 Å². The molecule has 0 spiro atoms. The van der Waals surface area contributed by atoms with E-state index in [1.54, 1.807) is 6.07 Å². The molecule has 0 aromatic heterocycles. The molecule has 0 amide bonds. The van der Waals surface area contributed by atoms with E-state index in [4.69, 9.17) is 5.73 Å². The molecule has 1 aromatic carbocycles. The van der Waals surface area contributed by atoms with E-state index in [1.807, 2.05) is 12.1 Å². The zero-order chi connectivity index (χ0) is 14.0. The van der Waals surface area contributed by atoms with Crippen molar-refractivity contribution in [1.82, 2.24) is 4.90 Å². The van der Waals surface area contributed by atoms with Crippen LogP contribution in [0, 0.1) is 11.2 Å². The summed E-state index contributed by atoms with van der Waals surface area (Å²) in [5.74, 6) is -0.127. The molecule has 0 aliphatic heterocycles. The molecule has 0 heterocycles. The summed E-state index contributed by atoms with van der Waals surface area (Å²) in [4.78, 5) is 2.21. The van der Waals surface area contributed by atoms with Crippen LogP contribution in [0.25, 0.3) is 0 Å². The van der Waals surface area contributed by atoms with Gasteiger partial charge in [0.15, 0.2) is 0 Å². The Morgan fingerprint density at radius 2 is 2.05 bits per heavy atom. The summed E-state index contributed by atoms with van der Waals surface area (Å²) in [6, 6.07) is 7.48. The van der Waals surface area contributed by atoms with Gasteiger partial charge in [0.1, 0.15) is 5.82 Å². The lowest BCUT2D eigenvalue weighted by atomic mass is 9.71. The molecule has 2 nitrogen and oxygen atoms in total. The molecule has 2 unspecified atom stereocenters. The number of hydrogen-bond acceptors (Lipinski definition) is 2. The largest absolute Gasteiger partial charge is 0.326 e. The first-order valence-electron chi connectivity index (χ1n) is 7.11. The molecule has 0 saturated heterocycles. The molecule has 106 valence electrons. The van der Waals surface area contributed by atoms with Gasteiger partial charge in [0.2, 0.25) is 0 Å². The summed E-state index contributed by atoms with van der Waals surface area (Å²) < 4.78 is 13.7. The van der Waals surface area contributed by atoms with E-state index in [0.29, 0.717) is 12.6 Å². The minimum atomic E-state index is -0.127. The molecule has 1 aromatic rings. The Morgan fingerprint density at radius 1 is 1.37 bits per heavy atom. The summed E-state index contributed by atoms with van der Waals surface area (Å²) in [5, 5.41) is 0. The summed E-state index contributed by atoms with van der Waals surface area (Å²) in [5.41, 5.74) is 7.34. The minimum absolute atomic E-state index is 0.127. The average Bonchev–Trinajstić information content (AvgIpc) is 2.35. The normalized spacial score (nSPS) is 26.6. The topological polar surface area (TPSA) is 29.3 Å². The van der Waals surface area contributed by atoms with Gasteiger partial charge in [-0.05, 0) is 31.4 Å². The third-order valence-electron chi connectivity index (χ3n) is 4.58. The van der Waals surface area contributed by atoms with Crippen LogP contribution in [0.3, 0.4) is 0 Å². The minimum Gasteiger partial charge on any atom is -0.326 e. The van der Waals surface area contributed by atoms with Gasteiger partial charge in [-0.3, -0.25) is 4.90 Å². The van der Waals surface area contributed by atoms with Crippen molar-refractivity contribution in [2.45, 2.75) is 51.7 Å². The van der Waals surface area contributed by atoms with Crippen LogP contribution in [-0.2, 0) is 6.54 Å². The SMILES string of the molecule is CN(Cc1ccccc1F)C1CCCC(C)(C)C1N. The maximum Gasteiger partial charge on any atom is 0.127 e. The van der Waals surface area contributed by atoms with E-state index in [0.717, 1.165) is 12.0 Å². The van der Waals surface area contributed by atoms with Crippen LogP contribution in [-0.4, -0.2) is 24.0 Å². The lowest BCUT2D eigenvalue weighted by molar-refractivity contribution is 0.0798. The van der Waals surface area contributed by atoms with E-state index in [-0.39, 0.29) is 17.3 Å². The second-order valence-electron chi connectivity index (χ2n) is 6.48. The first-order chi connectivity index (χ1) is 8.92. The van der Waals surface area contributed by atoms with E-state index in [2.05, 4.69) is 25.8 Å². The summed E-state index contributed by atoms with van der Waals surface area (Å²) >= 11 is 0. The van der Waals surface area contributed by atoms with Gasteiger partial charge < -0.3 is 5.73 Å². The highest BCUT2D eigenvalue weighted by atomic mass is 19.1. The van der Waals surface area contributed by atoms with Gasteiger partial charge in [-0.2, -0.15) is 0 Å². The fourth-order valence-corrected chi connectivity index (χ4v) is 3.14. The lowest BCUT2D eigenvalue weighted by Crippen LogP contribution is -2.55. The third-order valence-corrected chi connectivity index (χ3v) is 4.58. The third kappa shape index (κ3) is 3.15. The quantitative estimate of drug-likeness (QED) is 0.908. The van der Waals surface area contributed by atoms with E-state index in [1.165, 1.54) is 18.9 Å². The van der Waals surface area contributed by atoms with Crippen LogP contribution in [0.5, 0.6) is 0 Å². The fourth-order valence-electron chi connectivity index (χ4n) is 3.14. The predicted octanol–water partition coefficient (Wildman–Crippen LogP) is 3.16. The fraction of sp³-hybridized carbons (Fsp3) is 0.625. The zero-order valence-electron chi connectivity index (χ0n) is 12.2. The monoisotopic (exact) mass is 264 g/mol. The summed E-state index contributed by atoms with van der Waals surface area (Å²) in [7, 11) is 2.05. The van der Waals surface area contributed by atoms with Crippen molar-refractivity contribution >= 4 is 0 Å². The Morgan fingerprint density at radius 3 is 2.74 bits per heavy atom. The maximum atomic E-state index is 13.7. The number of likely N-dealkylation sites (N-methyl/N-ethyl adjacent to an activating group) is 1. The Labute approximate surface area is 115 Å². The van der Waals surface area contributed by atoms with Crippen LogP contribution < -0.4 is 5.73 Å². The van der Waals surface area contributed by atoms with Gasteiger partial charge in [-0.1, -0.05) is 38.5 Å². The van der Waals surface area contributed by atoms with Crippen molar-refractivity contribution in [2.24, 2.45) is 11.1 Å². The van der Waals surface area contributed by atoms with Crippen molar-refractivity contribution in [1.29, 1.82) is 0 Å². The Hall–Kier alpha value is -0.930. The molecular weight excluding hydrogens is 239 g/mol. The first-order valence-corrected chi connectivity index (χ1v) is 7.11. The van der Waals surface area contributed by atoms with Gasteiger partial charge in [-0.25, -0.2) is 4.39 Å². The number of nitrogens with two attached hydrogens (primary N) is 1. The Balaban J connectivity index is 2.07. The molecule has 1 aliphatic carbocycles. The van der Waals surface area contributed by atoms with Crippen molar-refractivity contribution in [3.63, 3.8) is 0 Å². The predicted molar refractivity (Wildman–Crippen MR) is 77.3 cm³/mol. The number of benzene rings is 1. The van der Waals surface area contributed by atoms with Crippen LogP contribution >= 0.6 is 0 Å². The second-order valence-corrected chi connectivity index (χ2v) is 6.48. The van der Waals surface area contributed by atoms with Crippen LogP contribution in [0.4, 0.5) is 4.39 Å². The second kappa shape index (κ2) is 5.59. The molecular formula is C16H25FN2. The molecule has 0 radical (unpaired) electrons. The zero-order valence-corrected chi connectivity index (χ0v) is 12.2. The van der Waals surface area contributed by atoms with Gasteiger partial charge in [0.25, 0.3) is 0 Å². The van der Waals surface area contributed by atoms with E-state index < -0.39 is 0 Å². The van der Waals surface area contributed by atoms with Crippen molar-refractivity contribution < 1.29 is 4.39 Å². The standard InChI is InChI=1S/C16H25FN2/c1-16(2)10-6-9-14(15(16)18)19(3)11-12-7-4-5-8-13(12)17/h4-5,7-8,14-15H,6,9-11,18H2,1-3H3. The van der Waals surface area contributed by atoms with Crippen LogP contribution in [0.15, 0.2) is 24.3 Å². The molecule has 1 saturated carbocycles. The summed E-state index contributed by atoms with van der Waals surface area (Å²) in [6.07, 6.45) is 3.49. The Kier molecular flexibility index (Phi) is 4.26. The highest BCUT2D eigenvalue weighted by Crippen LogP contribution is 2.36. The van der Waals surface area contributed by atoms with Gasteiger partial charge in [0, 0.05) is 24.2 Å². The molecule has 2 atom stereocenters. The molecule has 1 fully saturated rings. The van der Waals surface area contributed by atoms with Crippen LogP contribution in [0.2, 0.25) is 0 Å². The first kappa shape index (κ1) is 14.5. The van der Waals surface area contributed by atoms with Gasteiger partial charge in [0.05, 0.1) is 0 Å². The lowest BCUT2D eigenvalue weighted by Gasteiger charge is -2.45. The molecule has 2 N–H and O–H groups in total. The van der Waals surface area contributed by atoms with Gasteiger partial charge in [-0.15, -0.1) is 0 Å². The van der Waals surface area contributed by atoms with Crippen molar-refractivity contribution in [3.8, 4) is 0 Å². The maximum absolute atomic E-state index is 13.7. The molecule has 0 bridgehead atoms. The molecule has 3 heteroatoms. The van der Waals surface area contributed by atoms with E-state index in [9.17, 15) is 4.39 Å². The molecule has 1 aliphatic rings. The Bertz CT molecular complexity index is 431. The van der Waals surface area contributed by atoms with E-state index >= 15 is 0 Å².